The van der Waals surface area contributed by atoms with Crippen LogP contribution in [0.4, 0.5) is 21.6 Å². The van der Waals surface area contributed by atoms with E-state index in [2.05, 4.69) is 15.3 Å². The fraction of sp³-hybridized carbons (Fsp3) is 0.263. The second-order valence-electron chi connectivity index (χ2n) is 6.50. The third-order valence-corrected chi connectivity index (χ3v) is 4.85. The largest absolute Gasteiger partial charge is 0.483 e. The lowest BCUT2D eigenvalue weighted by atomic mass is 10.1. The van der Waals surface area contributed by atoms with E-state index < -0.39 is 10.7 Å². The lowest BCUT2D eigenvalue weighted by Crippen LogP contribution is -2.26. The van der Waals surface area contributed by atoms with Crippen molar-refractivity contribution in [2.45, 2.75) is 18.9 Å². The number of nitro benzene ring substituents is 1. The molecule has 1 fully saturated rings. The molecule has 0 atom stereocenters. The number of rotatable bonds is 5. The summed E-state index contributed by atoms with van der Waals surface area (Å²) in [7, 11) is 0. The summed E-state index contributed by atoms with van der Waals surface area (Å²) < 4.78 is 24.6. The Morgan fingerprint density at radius 2 is 2.03 bits per heavy atom. The summed E-state index contributed by atoms with van der Waals surface area (Å²) in [5, 5.41) is 15.0. The van der Waals surface area contributed by atoms with Gasteiger partial charge in [0.05, 0.1) is 34.1 Å². The van der Waals surface area contributed by atoms with Crippen molar-refractivity contribution in [3.05, 3.63) is 57.6 Å². The van der Waals surface area contributed by atoms with Gasteiger partial charge in [0.15, 0.2) is 5.75 Å². The molecule has 1 aliphatic heterocycles. The van der Waals surface area contributed by atoms with E-state index in [4.69, 9.17) is 21.1 Å². The zero-order chi connectivity index (χ0) is 20.4. The minimum Gasteiger partial charge on any atom is -0.483 e. The Balaban J connectivity index is 1.72. The maximum absolute atomic E-state index is 13.4. The molecule has 3 aromatic rings. The molecule has 1 N–H and O–H groups in total. The molecule has 2 heterocycles. The summed E-state index contributed by atoms with van der Waals surface area (Å²) in [6.07, 6.45) is 2.51. The zero-order valence-electron chi connectivity index (χ0n) is 15.1. The highest BCUT2D eigenvalue weighted by molar-refractivity contribution is 6.31. The van der Waals surface area contributed by atoms with Crippen LogP contribution in [0.15, 0.2) is 36.7 Å². The third kappa shape index (κ3) is 4.20. The van der Waals surface area contributed by atoms with Gasteiger partial charge < -0.3 is 14.8 Å². The molecule has 10 heteroatoms. The number of ether oxygens (including phenoxy) is 2. The van der Waals surface area contributed by atoms with Crippen molar-refractivity contribution < 1.29 is 18.8 Å². The first-order valence-corrected chi connectivity index (χ1v) is 9.28. The summed E-state index contributed by atoms with van der Waals surface area (Å²) >= 11 is 5.82. The van der Waals surface area contributed by atoms with Gasteiger partial charge in [-0.2, -0.15) is 0 Å². The molecule has 150 valence electrons. The molecule has 0 spiro atoms. The number of nitrogens with zero attached hydrogens (tertiary/aromatic N) is 3. The molecule has 0 saturated carbocycles. The number of halogens is 2. The van der Waals surface area contributed by atoms with Gasteiger partial charge in [-0.3, -0.25) is 10.1 Å². The highest BCUT2D eigenvalue weighted by atomic mass is 35.5. The van der Waals surface area contributed by atoms with E-state index in [1.807, 2.05) is 0 Å². The monoisotopic (exact) mass is 418 g/mol. The van der Waals surface area contributed by atoms with Gasteiger partial charge >= 0.3 is 5.69 Å². The highest BCUT2D eigenvalue weighted by Crippen LogP contribution is 2.36. The van der Waals surface area contributed by atoms with E-state index in [1.165, 1.54) is 36.7 Å². The summed E-state index contributed by atoms with van der Waals surface area (Å²) in [6, 6.07) is 7.02. The first kappa shape index (κ1) is 19.3. The van der Waals surface area contributed by atoms with Gasteiger partial charge in [-0.25, -0.2) is 14.4 Å². The van der Waals surface area contributed by atoms with E-state index in [1.54, 1.807) is 0 Å². The third-order valence-electron chi connectivity index (χ3n) is 4.56. The van der Waals surface area contributed by atoms with E-state index in [9.17, 15) is 14.5 Å². The molecular formula is C19H16ClFN4O4. The number of hydrogen-bond donors (Lipinski definition) is 1. The first-order chi connectivity index (χ1) is 14.0. The zero-order valence-corrected chi connectivity index (χ0v) is 15.9. The van der Waals surface area contributed by atoms with Gasteiger partial charge in [-0.1, -0.05) is 11.6 Å². The van der Waals surface area contributed by atoms with Crippen molar-refractivity contribution in [3.8, 4) is 5.75 Å². The average Bonchev–Trinajstić information content (AvgIpc) is 2.71. The minimum absolute atomic E-state index is 0.0495. The van der Waals surface area contributed by atoms with Crippen molar-refractivity contribution in [3.63, 3.8) is 0 Å². The molecule has 0 amide bonds. The molecule has 1 saturated heterocycles. The number of benzene rings is 2. The fourth-order valence-electron chi connectivity index (χ4n) is 3.09. The van der Waals surface area contributed by atoms with Gasteiger partial charge in [0, 0.05) is 30.7 Å². The number of nitrogens with one attached hydrogen (secondary N) is 1. The molecule has 4 rings (SSSR count). The lowest BCUT2D eigenvalue weighted by Gasteiger charge is -2.23. The molecule has 29 heavy (non-hydrogen) atoms. The van der Waals surface area contributed by atoms with Crippen LogP contribution in [0, 0.1) is 15.9 Å². The second-order valence-corrected chi connectivity index (χ2v) is 6.91. The molecule has 2 aromatic carbocycles. The highest BCUT2D eigenvalue weighted by Gasteiger charge is 2.23. The quantitative estimate of drug-likeness (QED) is 0.476. The Morgan fingerprint density at radius 1 is 1.24 bits per heavy atom. The normalized spacial score (nSPS) is 14.7. The molecule has 1 aromatic heterocycles. The molecule has 8 nitrogen and oxygen atoms in total. The number of hydrogen-bond acceptors (Lipinski definition) is 7. The van der Waals surface area contributed by atoms with E-state index in [0.717, 1.165) is 0 Å². The molecule has 0 aliphatic carbocycles. The fourth-order valence-corrected chi connectivity index (χ4v) is 3.27. The molecular weight excluding hydrogens is 403 g/mol. The Hall–Kier alpha value is -3.04. The Labute approximate surface area is 169 Å². The average molecular weight is 419 g/mol. The Kier molecular flexibility index (Phi) is 5.41. The van der Waals surface area contributed by atoms with Crippen LogP contribution < -0.4 is 10.1 Å². The molecule has 0 unspecified atom stereocenters. The van der Waals surface area contributed by atoms with Gasteiger partial charge in [-0.05, 0) is 18.2 Å². The molecule has 0 bridgehead atoms. The van der Waals surface area contributed by atoms with Crippen molar-refractivity contribution in [1.29, 1.82) is 0 Å². The minimum atomic E-state index is -0.546. The number of aromatic nitrogens is 2. The molecule has 1 aliphatic rings. The maximum Gasteiger partial charge on any atom is 0.311 e. The topological polar surface area (TPSA) is 99.4 Å². The van der Waals surface area contributed by atoms with E-state index in [0.29, 0.717) is 48.5 Å². The number of fused-ring (bicyclic) bond motifs is 1. The van der Waals surface area contributed by atoms with Gasteiger partial charge in [0.2, 0.25) is 0 Å². The van der Waals surface area contributed by atoms with Crippen LogP contribution in [0.3, 0.4) is 0 Å². The predicted molar refractivity (Wildman–Crippen MR) is 105 cm³/mol. The van der Waals surface area contributed by atoms with Crippen LogP contribution in [-0.4, -0.2) is 34.2 Å². The smallest absolute Gasteiger partial charge is 0.311 e. The van der Waals surface area contributed by atoms with E-state index >= 15 is 0 Å². The summed E-state index contributed by atoms with van der Waals surface area (Å²) in [5.74, 6) is -0.0578. The van der Waals surface area contributed by atoms with Crippen LogP contribution in [0.25, 0.3) is 10.9 Å². The number of nitro groups is 1. The van der Waals surface area contributed by atoms with Crippen molar-refractivity contribution in [1.82, 2.24) is 9.97 Å². The van der Waals surface area contributed by atoms with Gasteiger partial charge in [0.1, 0.15) is 24.1 Å². The van der Waals surface area contributed by atoms with Crippen molar-refractivity contribution in [2.24, 2.45) is 0 Å². The van der Waals surface area contributed by atoms with Gasteiger partial charge in [0.25, 0.3) is 0 Å². The van der Waals surface area contributed by atoms with Crippen LogP contribution >= 0.6 is 11.6 Å². The van der Waals surface area contributed by atoms with Crippen LogP contribution in [0.1, 0.15) is 12.8 Å². The Morgan fingerprint density at radius 3 is 2.76 bits per heavy atom. The summed E-state index contributed by atoms with van der Waals surface area (Å²) in [5.41, 5.74) is 0.781. The van der Waals surface area contributed by atoms with Crippen molar-refractivity contribution in [2.75, 3.05) is 18.5 Å². The summed E-state index contributed by atoms with van der Waals surface area (Å²) in [4.78, 5) is 19.5. The maximum atomic E-state index is 13.4. The van der Waals surface area contributed by atoms with Gasteiger partial charge in [-0.15, -0.1) is 0 Å². The summed E-state index contributed by atoms with van der Waals surface area (Å²) in [6.45, 7) is 1.12. The van der Waals surface area contributed by atoms with E-state index in [-0.39, 0.29) is 22.6 Å². The first-order valence-electron chi connectivity index (χ1n) is 8.91. The predicted octanol–water partition coefficient (Wildman–Crippen LogP) is 4.63. The van der Waals surface area contributed by atoms with Crippen LogP contribution in [0.5, 0.6) is 5.75 Å². The van der Waals surface area contributed by atoms with Crippen LogP contribution in [-0.2, 0) is 4.74 Å². The second kappa shape index (κ2) is 8.14. The SMILES string of the molecule is O=[N+]([O-])c1cc2c(Nc3ccc(F)c(Cl)c3)ncnc2cc1OC1CCOCC1. The molecule has 0 radical (unpaired) electrons. The van der Waals surface area contributed by atoms with Crippen LogP contribution in [0.2, 0.25) is 5.02 Å². The lowest BCUT2D eigenvalue weighted by molar-refractivity contribution is -0.386. The Bertz CT molecular complexity index is 1080. The number of anilines is 2. The standard InChI is InChI=1S/C19H16ClFN4O4/c20-14-7-11(1-2-15(14)21)24-19-13-8-17(25(26)27)18(9-16(13)22-10-23-19)29-12-3-5-28-6-4-12/h1-2,7-10,12H,3-6H2,(H,22,23,24). The van der Waals surface area contributed by atoms with Crippen molar-refractivity contribution >= 4 is 39.7 Å².